The summed E-state index contributed by atoms with van der Waals surface area (Å²) in [5.74, 6) is 1.96. The quantitative estimate of drug-likeness (QED) is 0.207. The second-order valence-corrected chi connectivity index (χ2v) is 11.7. The van der Waals surface area contributed by atoms with Gasteiger partial charge in [0.2, 0.25) is 0 Å². The van der Waals surface area contributed by atoms with E-state index in [-0.39, 0.29) is 0 Å². The molecule has 0 aliphatic heterocycles. The molecule has 214 valence electrons. The van der Waals surface area contributed by atoms with E-state index in [1.807, 2.05) is 36.4 Å². The van der Waals surface area contributed by atoms with E-state index in [1.165, 1.54) is 32.7 Å². The molecule has 0 N–H and O–H groups in total. The first-order chi connectivity index (χ1) is 22.8. The maximum Gasteiger partial charge on any atom is 0.164 e. The lowest BCUT2D eigenvalue weighted by molar-refractivity contribution is 1.08. The number of hydrogen-bond acceptors (Lipinski definition) is 3. The molecule has 0 aliphatic carbocycles. The third-order valence-electron chi connectivity index (χ3n) is 9.14. The van der Waals surface area contributed by atoms with Gasteiger partial charge in [-0.2, -0.15) is 0 Å². The number of fused-ring (bicyclic) bond motifs is 7. The zero-order valence-electron chi connectivity index (χ0n) is 24.7. The summed E-state index contributed by atoms with van der Waals surface area (Å²) >= 11 is 0. The zero-order valence-corrected chi connectivity index (χ0v) is 24.7. The van der Waals surface area contributed by atoms with Crippen molar-refractivity contribution >= 4 is 54.5 Å². The standard InChI is InChI=1S/C41H25N5/c1-3-12-27(13-4-1)39-42-40(28-14-5-2-6-15-28)44-41(43-39)32-20-11-22-34-36(32)31-19-10-18-30-29-17-7-8-21-33(29)45-25-24-26-16-9-23-35(37(26)45)46(34)38(30)31/h1-25H. The molecule has 0 saturated heterocycles. The van der Waals surface area contributed by atoms with E-state index in [1.54, 1.807) is 0 Å². The van der Waals surface area contributed by atoms with Crippen LogP contribution in [0.4, 0.5) is 0 Å². The van der Waals surface area contributed by atoms with Crippen LogP contribution in [0.15, 0.2) is 152 Å². The van der Waals surface area contributed by atoms with Crippen LogP contribution in [0, 0.1) is 0 Å². The Labute approximate surface area is 263 Å². The molecule has 0 bridgehead atoms. The maximum atomic E-state index is 5.13. The molecule has 46 heavy (non-hydrogen) atoms. The average Bonchev–Trinajstić information content (AvgIpc) is 3.71. The summed E-state index contributed by atoms with van der Waals surface area (Å²) in [6.07, 6.45) is 2.19. The molecule has 10 rings (SSSR count). The predicted octanol–water partition coefficient (Wildman–Crippen LogP) is 9.99. The lowest BCUT2D eigenvalue weighted by Crippen LogP contribution is -2.00. The largest absolute Gasteiger partial charge is 0.314 e. The summed E-state index contributed by atoms with van der Waals surface area (Å²) < 4.78 is 4.78. The fourth-order valence-corrected chi connectivity index (χ4v) is 7.17. The molecule has 0 atom stereocenters. The number of rotatable bonds is 3. The lowest BCUT2D eigenvalue weighted by Gasteiger charge is -2.10. The molecule has 6 aromatic carbocycles. The van der Waals surface area contributed by atoms with Gasteiger partial charge < -0.3 is 8.80 Å². The smallest absolute Gasteiger partial charge is 0.164 e. The highest BCUT2D eigenvalue weighted by atomic mass is 15.0. The number of para-hydroxylation sites is 3. The van der Waals surface area contributed by atoms with Crippen molar-refractivity contribution in [3.63, 3.8) is 0 Å². The molecule has 0 saturated carbocycles. The summed E-state index contributed by atoms with van der Waals surface area (Å²) in [7, 11) is 0. The monoisotopic (exact) mass is 587 g/mol. The van der Waals surface area contributed by atoms with Crippen LogP contribution in [0.5, 0.6) is 0 Å². The average molecular weight is 588 g/mol. The molecule has 0 fully saturated rings. The lowest BCUT2D eigenvalue weighted by atomic mass is 10.0. The van der Waals surface area contributed by atoms with Crippen molar-refractivity contribution in [1.29, 1.82) is 0 Å². The van der Waals surface area contributed by atoms with E-state index in [2.05, 4.69) is 124 Å². The summed E-state index contributed by atoms with van der Waals surface area (Å²) in [4.78, 5) is 15.2. The third kappa shape index (κ3) is 3.54. The van der Waals surface area contributed by atoms with Gasteiger partial charge in [0, 0.05) is 49.8 Å². The minimum absolute atomic E-state index is 0.652. The van der Waals surface area contributed by atoms with E-state index in [9.17, 15) is 0 Å². The molecule has 4 heterocycles. The fraction of sp³-hybridized carbons (Fsp3) is 0. The minimum Gasteiger partial charge on any atom is -0.314 e. The molecule has 5 nitrogen and oxygen atoms in total. The van der Waals surface area contributed by atoms with Crippen molar-refractivity contribution < 1.29 is 0 Å². The highest BCUT2D eigenvalue weighted by molar-refractivity contribution is 6.23. The summed E-state index contributed by atoms with van der Waals surface area (Å²) in [6.45, 7) is 0. The Morgan fingerprint density at radius 3 is 1.76 bits per heavy atom. The Balaban J connectivity index is 1.40. The van der Waals surface area contributed by atoms with Gasteiger partial charge in [0.15, 0.2) is 17.5 Å². The van der Waals surface area contributed by atoms with Gasteiger partial charge in [-0.05, 0) is 24.3 Å². The molecule has 5 heteroatoms. The SMILES string of the molecule is c1ccc(-c2nc(-c3ccccc3)nc(-c3cccc4c3c3cccc5c6ccccc6n6ccc7cccc(c76)n4c53)n2)cc1. The summed E-state index contributed by atoms with van der Waals surface area (Å²) in [5.41, 5.74) is 8.68. The number of hydrogen-bond donors (Lipinski definition) is 0. The van der Waals surface area contributed by atoms with Crippen LogP contribution in [0.1, 0.15) is 0 Å². The molecule has 0 radical (unpaired) electrons. The molecular formula is C41H25N5. The number of nitrogens with zero attached hydrogens (tertiary/aromatic N) is 5. The Bertz CT molecular complexity index is 2740. The fourth-order valence-electron chi connectivity index (χ4n) is 7.17. The predicted molar refractivity (Wildman–Crippen MR) is 188 cm³/mol. The maximum absolute atomic E-state index is 5.13. The highest BCUT2D eigenvalue weighted by Crippen LogP contribution is 2.41. The normalized spacial score (nSPS) is 11.9. The van der Waals surface area contributed by atoms with Gasteiger partial charge in [-0.1, -0.05) is 121 Å². The van der Waals surface area contributed by atoms with Gasteiger partial charge in [-0.15, -0.1) is 0 Å². The van der Waals surface area contributed by atoms with Crippen LogP contribution in [0.2, 0.25) is 0 Å². The Hall–Kier alpha value is -6.33. The van der Waals surface area contributed by atoms with E-state index >= 15 is 0 Å². The first kappa shape index (κ1) is 25.0. The van der Waals surface area contributed by atoms with Crippen molar-refractivity contribution in [2.45, 2.75) is 0 Å². The first-order valence-corrected chi connectivity index (χ1v) is 15.5. The Kier molecular flexibility index (Phi) is 5.22. The summed E-state index contributed by atoms with van der Waals surface area (Å²) in [5, 5.41) is 5.88. The van der Waals surface area contributed by atoms with Crippen LogP contribution in [0.25, 0.3) is 88.7 Å². The Morgan fingerprint density at radius 2 is 0.978 bits per heavy atom. The van der Waals surface area contributed by atoms with Crippen molar-refractivity contribution in [3.8, 4) is 34.2 Å². The second kappa shape index (κ2) is 9.58. The molecule has 0 amide bonds. The van der Waals surface area contributed by atoms with Gasteiger partial charge in [0.25, 0.3) is 0 Å². The third-order valence-corrected chi connectivity index (χ3v) is 9.14. The van der Waals surface area contributed by atoms with Crippen molar-refractivity contribution in [2.24, 2.45) is 0 Å². The second-order valence-electron chi connectivity index (χ2n) is 11.7. The van der Waals surface area contributed by atoms with Crippen LogP contribution >= 0.6 is 0 Å². The van der Waals surface area contributed by atoms with Gasteiger partial charge in [-0.3, -0.25) is 0 Å². The molecule has 10 aromatic rings. The van der Waals surface area contributed by atoms with Gasteiger partial charge in [0.1, 0.15) is 0 Å². The molecule has 0 unspecified atom stereocenters. The van der Waals surface area contributed by atoms with E-state index < -0.39 is 0 Å². The van der Waals surface area contributed by atoms with Crippen LogP contribution in [-0.4, -0.2) is 23.8 Å². The number of aromatic nitrogens is 5. The Morgan fingerprint density at radius 1 is 0.391 bits per heavy atom. The van der Waals surface area contributed by atoms with Crippen LogP contribution < -0.4 is 0 Å². The first-order valence-electron chi connectivity index (χ1n) is 15.5. The van der Waals surface area contributed by atoms with Crippen molar-refractivity contribution in [2.75, 3.05) is 0 Å². The van der Waals surface area contributed by atoms with Gasteiger partial charge in [0.05, 0.1) is 27.6 Å². The van der Waals surface area contributed by atoms with Crippen molar-refractivity contribution in [1.82, 2.24) is 23.8 Å². The van der Waals surface area contributed by atoms with Gasteiger partial charge >= 0.3 is 0 Å². The van der Waals surface area contributed by atoms with Gasteiger partial charge in [-0.25, -0.2) is 15.0 Å². The van der Waals surface area contributed by atoms with Crippen LogP contribution in [0.3, 0.4) is 0 Å². The van der Waals surface area contributed by atoms with E-state index in [0.717, 1.165) is 38.5 Å². The topological polar surface area (TPSA) is 47.5 Å². The molecular weight excluding hydrogens is 562 g/mol. The molecule has 0 aliphatic rings. The van der Waals surface area contributed by atoms with Crippen molar-refractivity contribution in [3.05, 3.63) is 152 Å². The minimum atomic E-state index is 0.652. The number of benzene rings is 6. The van der Waals surface area contributed by atoms with E-state index in [0.29, 0.717) is 17.5 Å². The highest BCUT2D eigenvalue weighted by Gasteiger charge is 2.21. The van der Waals surface area contributed by atoms with E-state index in [4.69, 9.17) is 15.0 Å². The summed E-state index contributed by atoms with van der Waals surface area (Å²) in [6, 6.07) is 51.0. The zero-order chi connectivity index (χ0) is 30.2. The molecule has 4 aromatic heterocycles. The van der Waals surface area contributed by atoms with Crippen LogP contribution in [-0.2, 0) is 0 Å². The molecule has 0 spiro atoms.